The molecule has 0 radical (unpaired) electrons. The van der Waals surface area contributed by atoms with Gasteiger partial charge in [0.15, 0.2) is 0 Å². The molecular weight excluding hydrogens is 221 g/mol. The van der Waals surface area contributed by atoms with Crippen molar-refractivity contribution >= 4 is 23.2 Å². The molecule has 1 saturated carbocycles. The maximum Gasteiger partial charge on any atom is 0.138 e. The van der Waals surface area contributed by atoms with E-state index in [4.69, 9.17) is 33.7 Å². The molecule has 14 heavy (non-hydrogen) atoms. The van der Waals surface area contributed by atoms with Gasteiger partial charge in [0.05, 0.1) is 5.02 Å². The lowest BCUT2D eigenvalue weighted by atomic mass is 10.3. The molecule has 0 bridgehead atoms. The van der Waals surface area contributed by atoms with Crippen molar-refractivity contribution in [3.63, 3.8) is 0 Å². The van der Waals surface area contributed by atoms with Gasteiger partial charge in [-0.25, -0.2) is 0 Å². The quantitative estimate of drug-likeness (QED) is 0.869. The van der Waals surface area contributed by atoms with Crippen molar-refractivity contribution in [3.05, 3.63) is 28.2 Å². The van der Waals surface area contributed by atoms with Crippen LogP contribution in [0.25, 0.3) is 0 Å². The van der Waals surface area contributed by atoms with Crippen molar-refractivity contribution < 1.29 is 4.74 Å². The Morgan fingerprint density at radius 1 is 1.36 bits per heavy atom. The minimum absolute atomic E-state index is 0.169. The normalized spacial score (nSPS) is 17.9. The van der Waals surface area contributed by atoms with E-state index in [2.05, 4.69) is 0 Å². The Kier molecular flexibility index (Phi) is 2.60. The third-order valence-corrected chi connectivity index (χ3v) is 2.93. The number of rotatable bonds is 3. The summed E-state index contributed by atoms with van der Waals surface area (Å²) in [6.07, 6.45) is 2.00. The van der Waals surface area contributed by atoms with Gasteiger partial charge in [0, 0.05) is 11.6 Å². The van der Waals surface area contributed by atoms with E-state index in [-0.39, 0.29) is 5.60 Å². The first-order chi connectivity index (χ1) is 6.65. The maximum atomic E-state index is 5.97. The summed E-state index contributed by atoms with van der Waals surface area (Å²) in [7, 11) is 0. The summed E-state index contributed by atoms with van der Waals surface area (Å²) >= 11 is 11.7. The predicted molar refractivity (Wildman–Crippen MR) is 58.1 cm³/mol. The van der Waals surface area contributed by atoms with Crippen molar-refractivity contribution in [2.45, 2.75) is 18.4 Å². The molecule has 0 spiro atoms. The van der Waals surface area contributed by atoms with Crippen LogP contribution in [-0.2, 0) is 0 Å². The Labute approximate surface area is 92.9 Å². The SMILES string of the molecule is NCC1(Oc2ccc(Cl)cc2Cl)CC1. The molecule has 0 atom stereocenters. The second-order valence-corrected chi connectivity index (χ2v) is 4.41. The highest BCUT2D eigenvalue weighted by molar-refractivity contribution is 6.35. The fourth-order valence-electron chi connectivity index (χ4n) is 1.28. The smallest absolute Gasteiger partial charge is 0.138 e. The molecule has 1 aromatic rings. The molecule has 76 valence electrons. The lowest BCUT2D eigenvalue weighted by Crippen LogP contribution is -2.28. The molecule has 0 saturated heterocycles. The molecule has 0 unspecified atom stereocenters. The van der Waals surface area contributed by atoms with Crippen LogP contribution in [0.2, 0.25) is 10.0 Å². The molecule has 0 heterocycles. The Balaban J connectivity index is 2.17. The van der Waals surface area contributed by atoms with Crippen molar-refractivity contribution in [2.24, 2.45) is 5.73 Å². The number of ether oxygens (including phenoxy) is 1. The molecule has 1 aliphatic rings. The van der Waals surface area contributed by atoms with E-state index in [0.29, 0.717) is 22.3 Å². The highest BCUT2D eigenvalue weighted by Gasteiger charge is 2.44. The fourth-order valence-corrected chi connectivity index (χ4v) is 1.73. The van der Waals surface area contributed by atoms with Gasteiger partial charge in [-0.2, -0.15) is 0 Å². The zero-order valence-corrected chi connectivity index (χ0v) is 9.11. The average molecular weight is 232 g/mol. The summed E-state index contributed by atoms with van der Waals surface area (Å²) < 4.78 is 5.73. The van der Waals surface area contributed by atoms with Gasteiger partial charge >= 0.3 is 0 Å². The van der Waals surface area contributed by atoms with Gasteiger partial charge in [0.2, 0.25) is 0 Å². The first-order valence-corrected chi connectivity index (χ1v) is 5.25. The van der Waals surface area contributed by atoms with Gasteiger partial charge in [-0.3, -0.25) is 0 Å². The average Bonchev–Trinajstić information content (AvgIpc) is 2.91. The Hall–Kier alpha value is -0.440. The summed E-state index contributed by atoms with van der Waals surface area (Å²) in [6, 6.07) is 5.21. The van der Waals surface area contributed by atoms with E-state index in [1.165, 1.54) is 0 Å². The summed E-state index contributed by atoms with van der Waals surface area (Å²) in [4.78, 5) is 0. The standard InChI is InChI=1S/C10H11Cl2NO/c11-7-1-2-9(8(12)5-7)14-10(6-13)3-4-10/h1-2,5H,3-4,6,13H2. The summed E-state index contributed by atoms with van der Waals surface area (Å²) in [5, 5.41) is 1.15. The number of halogens is 2. The van der Waals surface area contributed by atoms with Crippen molar-refractivity contribution in [3.8, 4) is 5.75 Å². The van der Waals surface area contributed by atoms with Crippen molar-refractivity contribution in [1.82, 2.24) is 0 Å². The Morgan fingerprint density at radius 3 is 2.57 bits per heavy atom. The molecule has 1 aliphatic carbocycles. The van der Waals surface area contributed by atoms with E-state index in [1.807, 2.05) is 0 Å². The second kappa shape index (κ2) is 3.61. The molecule has 2 rings (SSSR count). The lowest BCUT2D eigenvalue weighted by molar-refractivity contribution is 0.188. The Bertz CT molecular complexity index is 350. The van der Waals surface area contributed by atoms with E-state index in [0.717, 1.165) is 12.8 Å². The summed E-state index contributed by atoms with van der Waals surface area (Å²) in [5.41, 5.74) is 5.43. The van der Waals surface area contributed by atoms with Gasteiger partial charge in [-0.15, -0.1) is 0 Å². The molecule has 4 heteroatoms. The highest BCUT2D eigenvalue weighted by atomic mass is 35.5. The van der Waals surface area contributed by atoms with E-state index in [9.17, 15) is 0 Å². The molecule has 0 aromatic heterocycles. The first kappa shape index (κ1) is 10.1. The van der Waals surface area contributed by atoms with E-state index < -0.39 is 0 Å². The molecule has 1 fully saturated rings. The third kappa shape index (κ3) is 1.97. The molecule has 2 N–H and O–H groups in total. The minimum atomic E-state index is -0.169. The van der Waals surface area contributed by atoms with Crippen LogP contribution in [0.5, 0.6) is 5.75 Å². The summed E-state index contributed by atoms with van der Waals surface area (Å²) in [5.74, 6) is 0.666. The van der Waals surface area contributed by atoms with Crippen LogP contribution in [0.15, 0.2) is 18.2 Å². The number of hydrogen-bond acceptors (Lipinski definition) is 2. The highest BCUT2D eigenvalue weighted by Crippen LogP contribution is 2.41. The van der Waals surface area contributed by atoms with Crippen LogP contribution < -0.4 is 10.5 Å². The zero-order valence-electron chi connectivity index (χ0n) is 7.59. The van der Waals surface area contributed by atoms with Crippen molar-refractivity contribution in [1.29, 1.82) is 0 Å². The van der Waals surface area contributed by atoms with E-state index in [1.54, 1.807) is 18.2 Å². The molecule has 2 nitrogen and oxygen atoms in total. The van der Waals surface area contributed by atoms with E-state index >= 15 is 0 Å². The number of hydrogen-bond donors (Lipinski definition) is 1. The van der Waals surface area contributed by atoms with Gasteiger partial charge in [0.25, 0.3) is 0 Å². The molecule has 0 aliphatic heterocycles. The van der Waals surface area contributed by atoms with Crippen LogP contribution >= 0.6 is 23.2 Å². The Morgan fingerprint density at radius 2 is 2.07 bits per heavy atom. The second-order valence-electron chi connectivity index (χ2n) is 3.56. The largest absolute Gasteiger partial charge is 0.484 e. The van der Waals surface area contributed by atoms with Gasteiger partial charge < -0.3 is 10.5 Å². The minimum Gasteiger partial charge on any atom is -0.484 e. The maximum absolute atomic E-state index is 5.97. The van der Waals surface area contributed by atoms with Crippen LogP contribution in [0, 0.1) is 0 Å². The van der Waals surface area contributed by atoms with Crippen LogP contribution in [-0.4, -0.2) is 12.1 Å². The number of nitrogens with two attached hydrogens (primary N) is 1. The van der Waals surface area contributed by atoms with Gasteiger partial charge in [0.1, 0.15) is 11.4 Å². The zero-order chi connectivity index (χ0) is 10.2. The van der Waals surface area contributed by atoms with Crippen LogP contribution in [0.4, 0.5) is 0 Å². The van der Waals surface area contributed by atoms with Crippen molar-refractivity contribution in [2.75, 3.05) is 6.54 Å². The van der Waals surface area contributed by atoms with Crippen LogP contribution in [0.3, 0.4) is 0 Å². The fraction of sp³-hybridized carbons (Fsp3) is 0.400. The van der Waals surface area contributed by atoms with Gasteiger partial charge in [-0.05, 0) is 31.0 Å². The molecular formula is C10H11Cl2NO. The lowest BCUT2D eigenvalue weighted by Gasteiger charge is -2.16. The number of benzene rings is 1. The first-order valence-electron chi connectivity index (χ1n) is 4.49. The summed E-state index contributed by atoms with van der Waals surface area (Å²) in [6.45, 7) is 0.534. The van der Waals surface area contributed by atoms with Gasteiger partial charge in [-0.1, -0.05) is 23.2 Å². The third-order valence-electron chi connectivity index (χ3n) is 2.40. The topological polar surface area (TPSA) is 35.2 Å². The molecule has 0 amide bonds. The predicted octanol–water partition coefficient (Wildman–Crippen LogP) is 2.86. The molecule has 1 aromatic carbocycles. The van der Waals surface area contributed by atoms with Crippen LogP contribution in [0.1, 0.15) is 12.8 Å². The monoisotopic (exact) mass is 231 g/mol.